The number of aliphatic carboxylic acids is 1. The smallest absolute Gasteiger partial charge is 0.309 e. The Hall–Kier alpha value is -2.60. The number of carboxylic acids is 1. The fourth-order valence-electron chi connectivity index (χ4n) is 4.42. The molecule has 142 valence electrons. The van der Waals surface area contributed by atoms with Gasteiger partial charge in [-0.25, -0.2) is 0 Å². The molecule has 1 aromatic heterocycles. The van der Waals surface area contributed by atoms with E-state index in [2.05, 4.69) is 22.3 Å². The number of aryl methyl sites for hydroxylation is 1. The lowest BCUT2D eigenvalue weighted by Gasteiger charge is -2.41. The zero-order valence-electron chi connectivity index (χ0n) is 15.4. The zero-order valence-corrected chi connectivity index (χ0v) is 15.4. The number of nitrogens with zero attached hydrogens (tertiary/aromatic N) is 1. The van der Waals surface area contributed by atoms with Crippen molar-refractivity contribution < 1.29 is 19.1 Å². The number of piperidine rings is 1. The van der Waals surface area contributed by atoms with Crippen molar-refractivity contribution in [2.45, 2.75) is 38.3 Å². The van der Waals surface area contributed by atoms with Crippen LogP contribution in [0.5, 0.6) is 0 Å². The first-order valence-corrected chi connectivity index (χ1v) is 9.38. The third-order valence-electron chi connectivity index (χ3n) is 5.91. The van der Waals surface area contributed by atoms with Gasteiger partial charge in [-0.3, -0.25) is 14.5 Å². The van der Waals surface area contributed by atoms with Crippen LogP contribution in [0.15, 0.2) is 40.8 Å². The van der Waals surface area contributed by atoms with E-state index in [1.165, 1.54) is 5.56 Å². The van der Waals surface area contributed by atoms with Crippen molar-refractivity contribution in [3.8, 4) is 11.3 Å². The lowest BCUT2D eigenvalue weighted by Crippen LogP contribution is -2.55. The summed E-state index contributed by atoms with van der Waals surface area (Å²) in [6.45, 7) is 4.23. The van der Waals surface area contributed by atoms with Crippen LogP contribution in [0.3, 0.4) is 0 Å². The van der Waals surface area contributed by atoms with E-state index in [1.807, 2.05) is 31.2 Å². The molecule has 4 rings (SSSR count). The largest absolute Gasteiger partial charge is 0.481 e. The van der Waals surface area contributed by atoms with E-state index < -0.39 is 17.4 Å². The molecule has 1 aromatic carbocycles. The van der Waals surface area contributed by atoms with Gasteiger partial charge in [0.05, 0.1) is 11.5 Å². The van der Waals surface area contributed by atoms with Gasteiger partial charge in [0, 0.05) is 31.6 Å². The number of benzene rings is 1. The highest BCUT2D eigenvalue weighted by Crippen LogP contribution is 2.37. The minimum Gasteiger partial charge on any atom is -0.481 e. The topological polar surface area (TPSA) is 82.8 Å². The summed E-state index contributed by atoms with van der Waals surface area (Å²) in [5.41, 5.74) is 1.69. The number of hydrogen-bond donors (Lipinski definition) is 2. The molecule has 0 unspecified atom stereocenters. The monoisotopic (exact) mass is 368 g/mol. The van der Waals surface area contributed by atoms with Gasteiger partial charge >= 0.3 is 5.97 Å². The van der Waals surface area contributed by atoms with Crippen LogP contribution < -0.4 is 5.32 Å². The molecule has 0 radical (unpaired) electrons. The molecular formula is C21H24N2O4. The first-order valence-electron chi connectivity index (χ1n) is 9.38. The highest BCUT2D eigenvalue weighted by molar-refractivity contribution is 5.88. The minimum absolute atomic E-state index is 0.0933. The van der Waals surface area contributed by atoms with Gasteiger partial charge in [0.15, 0.2) is 0 Å². The van der Waals surface area contributed by atoms with Gasteiger partial charge in [-0.05, 0) is 37.5 Å². The Bertz CT molecular complexity index is 865. The van der Waals surface area contributed by atoms with Crippen molar-refractivity contribution in [2.75, 3.05) is 13.1 Å². The molecule has 2 saturated heterocycles. The number of furan rings is 1. The molecule has 2 fully saturated rings. The second kappa shape index (κ2) is 6.85. The minimum atomic E-state index is -0.875. The summed E-state index contributed by atoms with van der Waals surface area (Å²) in [4.78, 5) is 25.7. The van der Waals surface area contributed by atoms with E-state index in [9.17, 15) is 14.7 Å². The van der Waals surface area contributed by atoms with Gasteiger partial charge in [-0.15, -0.1) is 0 Å². The van der Waals surface area contributed by atoms with Crippen molar-refractivity contribution in [3.05, 3.63) is 47.7 Å². The number of amides is 1. The van der Waals surface area contributed by atoms with Gasteiger partial charge in [-0.2, -0.15) is 0 Å². The second-order valence-corrected chi connectivity index (χ2v) is 7.64. The van der Waals surface area contributed by atoms with Crippen molar-refractivity contribution in [2.24, 2.45) is 5.92 Å². The molecule has 6 heteroatoms. The quantitative estimate of drug-likeness (QED) is 0.867. The first kappa shape index (κ1) is 17.8. The van der Waals surface area contributed by atoms with Crippen LogP contribution in [0.25, 0.3) is 11.3 Å². The molecule has 2 N–H and O–H groups in total. The van der Waals surface area contributed by atoms with Crippen LogP contribution >= 0.6 is 0 Å². The molecule has 1 spiro atoms. The normalized spacial score (nSPS) is 22.1. The van der Waals surface area contributed by atoms with E-state index in [0.717, 1.165) is 36.7 Å². The lowest BCUT2D eigenvalue weighted by molar-refractivity contribution is -0.144. The van der Waals surface area contributed by atoms with Crippen LogP contribution in [0, 0.1) is 12.8 Å². The van der Waals surface area contributed by atoms with Crippen molar-refractivity contribution in [1.29, 1.82) is 0 Å². The van der Waals surface area contributed by atoms with Gasteiger partial charge in [0.2, 0.25) is 5.91 Å². The summed E-state index contributed by atoms with van der Waals surface area (Å²) in [7, 11) is 0. The van der Waals surface area contributed by atoms with E-state index in [-0.39, 0.29) is 12.3 Å². The lowest BCUT2D eigenvalue weighted by atomic mass is 9.77. The predicted molar refractivity (Wildman–Crippen MR) is 100 cm³/mol. The molecule has 3 heterocycles. The number of hydrogen-bond acceptors (Lipinski definition) is 4. The van der Waals surface area contributed by atoms with Crippen LogP contribution in [0.4, 0.5) is 0 Å². The number of carboxylic acid groups (broad SMARTS) is 1. The average molecular weight is 368 g/mol. The van der Waals surface area contributed by atoms with Crippen LogP contribution in [-0.2, 0) is 16.1 Å². The maximum Gasteiger partial charge on any atom is 0.309 e. The third-order valence-corrected chi connectivity index (χ3v) is 5.91. The van der Waals surface area contributed by atoms with Crippen LogP contribution in [0.1, 0.15) is 30.6 Å². The Balaban J connectivity index is 1.48. The van der Waals surface area contributed by atoms with E-state index in [1.54, 1.807) is 0 Å². The number of carbonyl (C=O) groups is 2. The first-order chi connectivity index (χ1) is 13.0. The number of likely N-dealkylation sites (tertiary alicyclic amines) is 1. The van der Waals surface area contributed by atoms with Crippen molar-refractivity contribution in [1.82, 2.24) is 10.2 Å². The Morgan fingerprint density at radius 1 is 1.26 bits per heavy atom. The van der Waals surface area contributed by atoms with Gasteiger partial charge in [0.1, 0.15) is 11.5 Å². The van der Waals surface area contributed by atoms with Gasteiger partial charge in [0.25, 0.3) is 0 Å². The maximum atomic E-state index is 11.8. The molecule has 2 aliphatic heterocycles. The molecule has 2 aromatic rings. The van der Waals surface area contributed by atoms with Crippen LogP contribution in [-0.4, -0.2) is 40.5 Å². The van der Waals surface area contributed by atoms with Crippen molar-refractivity contribution >= 4 is 11.9 Å². The Morgan fingerprint density at radius 2 is 2.00 bits per heavy atom. The highest BCUT2D eigenvalue weighted by Gasteiger charge is 2.51. The van der Waals surface area contributed by atoms with E-state index >= 15 is 0 Å². The summed E-state index contributed by atoms with van der Waals surface area (Å²) in [5, 5.41) is 12.5. The van der Waals surface area contributed by atoms with Crippen molar-refractivity contribution in [3.63, 3.8) is 0 Å². The summed E-state index contributed by atoms with van der Waals surface area (Å²) in [6.07, 6.45) is 1.42. The third kappa shape index (κ3) is 3.37. The van der Waals surface area contributed by atoms with Gasteiger partial charge < -0.3 is 14.8 Å². The SMILES string of the molecule is Cc1ccc(-c2ccccc2CN2CCC3(CC2)NC(=O)C[C@@H]3C(=O)O)o1. The maximum absolute atomic E-state index is 11.8. The summed E-state index contributed by atoms with van der Waals surface area (Å²) in [6, 6.07) is 12.2. The summed E-state index contributed by atoms with van der Waals surface area (Å²) >= 11 is 0. The fraction of sp³-hybridized carbons (Fsp3) is 0.429. The molecule has 0 bridgehead atoms. The van der Waals surface area contributed by atoms with Crippen LogP contribution in [0.2, 0.25) is 0 Å². The standard InChI is InChI=1S/C21H24N2O4/c1-14-6-7-18(27-14)16-5-3-2-4-15(16)13-23-10-8-21(9-11-23)17(20(25)26)12-19(24)22-21/h2-7,17H,8-13H2,1H3,(H,22,24)(H,25,26)/t17-/m1/s1. The predicted octanol–water partition coefficient (Wildman–Crippen LogP) is 2.81. The number of carbonyl (C=O) groups excluding carboxylic acids is 1. The fourth-order valence-corrected chi connectivity index (χ4v) is 4.42. The zero-order chi connectivity index (χ0) is 19.0. The Kier molecular flexibility index (Phi) is 4.52. The molecule has 1 amide bonds. The molecule has 0 saturated carbocycles. The molecular weight excluding hydrogens is 344 g/mol. The molecule has 27 heavy (non-hydrogen) atoms. The molecule has 2 aliphatic rings. The molecule has 1 atom stereocenters. The van der Waals surface area contributed by atoms with Gasteiger partial charge in [-0.1, -0.05) is 24.3 Å². The highest BCUT2D eigenvalue weighted by atomic mass is 16.4. The Morgan fingerprint density at radius 3 is 2.67 bits per heavy atom. The number of nitrogens with one attached hydrogen (secondary N) is 1. The number of rotatable bonds is 4. The molecule has 6 nitrogen and oxygen atoms in total. The van der Waals surface area contributed by atoms with E-state index in [4.69, 9.17) is 4.42 Å². The second-order valence-electron chi connectivity index (χ2n) is 7.64. The Labute approximate surface area is 158 Å². The summed E-state index contributed by atoms with van der Waals surface area (Å²) < 4.78 is 5.80. The summed E-state index contributed by atoms with van der Waals surface area (Å²) in [5.74, 6) is 0.113. The molecule has 0 aliphatic carbocycles. The van der Waals surface area contributed by atoms with E-state index in [0.29, 0.717) is 12.8 Å². The average Bonchev–Trinajstić information content (AvgIpc) is 3.21.